The molecule has 0 saturated heterocycles. The lowest BCUT2D eigenvalue weighted by Crippen LogP contribution is -2.29. The van der Waals surface area contributed by atoms with Crippen LogP contribution in [0.1, 0.15) is 350 Å². The third-order valence-corrected chi connectivity index (χ3v) is 28.2. The van der Waals surface area contributed by atoms with Crippen molar-refractivity contribution < 1.29 is 0 Å². The lowest BCUT2D eigenvalue weighted by molar-refractivity contribution is 0.351. The van der Waals surface area contributed by atoms with Gasteiger partial charge in [0.25, 0.3) is 33.4 Å². The fraction of sp³-hybridized carbons (Fsp3) is 0.556. The Bertz CT molecular complexity index is 5640. The van der Waals surface area contributed by atoms with E-state index in [1.54, 1.807) is 36.4 Å². The minimum Gasteiger partial charge on any atom is -0.289 e. The highest BCUT2D eigenvalue weighted by Crippen LogP contribution is 2.41. The van der Waals surface area contributed by atoms with Crippen LogP contribution < -0.4 is 65.9 Å². The van der Waals surface area contributed by atoms with Crippen molar-refractivity contribution in [3.05, 3.63) is 196 Å². The average molecular weight is 1670 g/mol. The van der Waals surface area contributed by atoms with E-state index in [1.165, 1.54) is 185 Å². The van der Waals surface area contributed by atoms with Gasteiger partial charge in [-0.25, -0.2) is 0 Å². The number of rotatable bonds is 54. The topological polar surface area (TPSA) is 220 Å². The van der Waals surface area contributed by atoms with Gasteiger partial charge in [0.2, 0.25) is 0 Å². The number of hydrogen-bond donors (Lipinski definition) is 0. The monoisotopic (exact) mass is 1670 g/mol. The molecule has 0 aliphatic rings. The number of hydrogen-bond acceptors (Lipinski definition) is 12. The molecule has 123 heavy (non-hydrogen) atoms. The van der Waals surface area contributed by atoms with Crippen LogP contribution in [0.2, 0.25) is 0 Å². The quantitative estimate of drug-likeness (QED) is 0.0197. The highest BCUT2D eigenvalue weighted by Gasteiger charge is 2.28. The molecule has 0 fully saturated rings. The van der Waals surface area contributed by atoms with Gasteiger partial charge in [-0.1, -0.05) is 311 Å². The molecule has 3 unspecified atom stereocenters. The van der Waals surface area contributed by atoms with Gasteiger partial charge in [0, 0.05) is 84.3 Å². The number of fused-ring (bicyclic) bond motifs is 15. The van der Waals surface area contributed by atoms with Crippen molar-refractivity contribution in [2.45, 2.75) is 369 Å². The van der Waals surface area contributed by atoms with Crippen molar-refractivity contribution in [3.63, 3.8) is 0 Å². The maximum atomic E-state index is 15.6. The van der Waals surface area contributed by atoms with E-state index in [9.17, 15) is 28.8 Å². The van der Waals surface area contributed by atoms with Crippen LogP contribution in [0.5, 0.6) is 0 Å². The van der Waals surface area contributed by atoms with E-state index in [1.807, 2.05) is 0 Å². The van der Waals surface area contributed by atoms with Crippen molar-refractivity contribution in [3.8, 4) is 0 Å². The Labute approximate surface area is 722 Å². The van der Waals surface area contributed by atoms with E-state index in [0.29, 0.717) is 32.3 Å². The van der Waals surface area contributed by atoms with Gasteiger partial charge in [-0.15, -0.1) is 0 Å². The molecule has 654 valence electrons. The predicted molar refractivity (Wildman–Crippen MR) is 519 cm³/mol. The summed E-state index contributed by atoms with van der Waals surface area (Å²) in [6.07, 6.45) is 53.0. The molecule has 0 N–H and O–H groups in total. The summed E-state index contributed by atoms with van der Waals surface area (Å²) in [5, 5.41) is 1.85. The molecule has 15 heteroatoms. The van der Waals surface area contributed by atoms with Crippen LogP contribution in [-0.2, 0) is 19.6 Å². The first-order chi connectivity index (χ1) is 59.9. The predicted octanol–water partition coefficient (Wildman–Crippen LogP) is 24.6. The van der Waals surface area contributed by atoms with Crippen molar-refractivity contribution in [1.29, 1.82) is 0 Å². The molecule has 13 rings (SSSR count). The van der Waals surface area contributed by atoms with E-state index in [2.05, 4.69) is 41.5 Å². The largest absolute Gasteiger partial charge is 0.289 e. The van der Waals surface area contributed by atoms with Gasteiger partial charge in [0.15, 0.2) is 32.6 Å². The summed E-state index contributed by atoms with van der Waals surface area (Å²) in [7, 11) is 0. The molecule has 0 aliphatic carbocycles. The Balaban J connectivity index is 0.960. The minimum absolute atomic E-state index is 0.0264. The molecule has 0 spiro atoms. The maximum absolute atomic E-state index is 15.6. The number of nitrogens with zero attached hydrogens (tertiary/aromatic N) is 3. The molecule has 0 aliphatic heterocycles. The van der Waals surface area contributed by atoms with Crippen molar-refractivity contribution in [2.24, 2.45) is 17.8 Å². The zero-order valence-electron chi connectivity index (χ0n) is 75.0. The molecule has 0 saturated carbocycles. The smallest absolute Gasteiger partial charge is 0.261 e. The second kappa shape index (κ2) is 43.6. The van der Waals surface area contributed by atoms with Crippen LogP contribution in [0.4, 0.5) is 0 Å². The molecule has 10 aromatic carbocycles. The second-order valence-electron chi connectivity index (χ2n) is 37.4. The highest BCUT2D eigenvalue weighted by atomic mass is 16.2. The standard InChI is InChI=1S/C108H135N3O12/c1-7-13-19-25-31-34-40-46-52-70(49-43-37-28-22-16-10-4)67-109-103(118)91-61-85-86(62-92(91)104(109)119)98(113)80-56-74-73(55-79(80)97(85)112)75-57-81-83(101(116)89-65-95-93(63-87(89)99(81)114)105(120)110(107(95)122)68-71(50-44-38-29-23-17-11-5)53-47-41-35-32-26-20-14-8-2)59-77(75)78-60-84-82(58-76(74)78)100(115)88-64-94-96(66-90(88)102(84)117)108(123)111(106(94)121)69-72(51-45-39-30-24-18-12-6)54-48-42-36-33-27-21-15-9-3/h55-66,70-72H,7-54,67-69H2,1-6H3. The summed E-state index contributed by atoms with van der Waals surface area (Å²) < 4.78 is 3.93. The molecule has 0 amide bonds. The van der Waals surface area contributed by atoms with E-state index in [0.717, 1.165) is 173 Å². The van der Waals surface area contributed by atoms with Gasteiger partial charge >= 0.3 is 0 Å². The third-order valence-electron chi connectivity index (χ3n) is 28.2. The number of benzene rings is 10. The van der Waals surface area contributed by atoms with Gasteiger partial charge < -0.3 is 0 Å². The fourth-order valence-corrected chi connectivity index (χ4v) is 20.9. The van der Waals surface area contributed by atoms with E-state index in [-0.39, 0.29) is 134 Å². The van der Waals surface area contributed by atoms with Gasteiger partial charge in [0.05, 0.1) is 32.3 Å². The lowest BCUT2D eigenvalue weighted by atomic mass is 9.87. The molecule has 15 nitrogen and oxygen atoms in total. The second-order valence-corrected chi connectivity index (χ2v) is 37.4. The molecule has 0 radical (unpaired) electrons. The summed E-state index contributed by atoms with van der Waals surface area (Å²) in [5.74, 6) is 0.199. The summed E-state index contributed by atoms with van der Waals surface area (Å²) >= 11 is 0. The fourth-order valence-electron chi connectivity index (χ4n) is 20.9. The molecule has 13 aromatic rings. The summed E-state index contributed by atoms with van der Waals surface area (Å²) in [5.41, 5.74) is -6.61. The Morgan fingerprint density at radius 2 is 0.268 bits per heavy atom. The Hall–Kier alpha value is -9.24. The zero-order valence-corrected chi connectivity index (χ0v) is 75.0. The van der Waals surface area contributed by atoms with Gasteiger partial charge in [-0.05, 0) is 161 Å². The van der Waals surface area contributed by atoms with E-state index >= 15 is 28.8 Å². The Morgan fingerprint density at radius 1 is 0.154 bits per heavy atom. The van der Waals surface area contributed by atoms with Crippen LogP contribution in [0.15, 0.2) is 130 Å². The van der Waals surface area contributed by atoms with Crippen LogP contribution in [0, 0.1) is 17.8 Å². The summed E-state index contributed by atoms with van der Waals surface area (Å²) in [6, 6.07) is 17.8. The maximum Gasteiger partial charge on any atom is 0.261 e. The van der Waals surface area contributed by atoms with E-state index < -0.39 is 65.9 Å². The third kappa shape index (κ3) is 20.3. The summed E-state index contributed by atoms with van der Waals surface area (Å²) in [4.78, 5) is 182. The first kappa shape index (κ1) is 91.5. The average Bonchev–Trinajstić information content (AvgIpc) is 1.16. The lowest BCUT2D eigenvalue weighted by Gasteiger charge is -2.17. The minimum atomic E-state index is -0.590. The van der Waals surface area contributed by atoms with Crippen LogP contribution >= 0.6 is 0 Å². The highest BCUT2D eigenvalue weighted by molar-refractivity contribution is 6.31. The van der Waals surface area contributed by atoms with Gasteiger partial charge in [-0.3, -0.25) is 71.2 Å². The zero-order chi connectivity index (χ0) is 86.8. The molecular formula is C108H135N3O12. The molecule has 3 heterocycles. The summed E-state index contributed by atoms with van der Waals surface area (Å²) in [6.45, 7) is 13.9. The van der Waals surface area contributed by atoms with E-state index in [4.69, 9.17) is 0 Å². The van der Waals surface area contributed by atoms with Crippen molar-refractivity contribution >= 4 is 129 Å². The Kier molecular flexibility index (Phi) is 32.4. The van der Waals surface area contributed by atoms with Crippen LogP contribution in [0.3, 0.4) is 0 Å². The molecule has 3 atom stereocenters. The number of aromatic nitrogens is 3. The van der Waals surface area contributed by atoms with Crippen molar-refractivity contribution in [2.75, 3.05) is 0 Å². The van der Waals surface area contributed by atoms with Gasteiger partial charge in [-0.2, -0.15) is 0 Å². The first-order valence-corrected chi connectivity index (χ1v) is 48.8. The Morgan fingerprint density at radius 3 is 0.398 bits per heavy atom. The molecule has 0 bridgehead atoms. The first-order valence-electron chi connectivity index (χ1n) is 48.8. The van der Waals surface area contributed by atoms with Gasteiger partial charge in [0.1, 0.15) is 0 Å². The SMILES string of the molecule is CCCCCCCCCCC(CCCCCCCC)Cn1c(=O)c2cc3c(=O)c4cc5c6cc7c(=O)c8cc9c(=O)n(CC(CCCCCCCC)CCCCCCCCCC)c(=O)c9cc8c(=O)c7cc6c6cc7c(=O)c8cc9c(=O)n(CC(CCCCCCCC)CCCCCCCCCC)c(=O)c9cc8c(=O)c7cc6c5cc4c(=O)c3cc2c1=O. The van der Waals surface area contributed by atoms with Crippen molar-refractivity contribution in [1.82, 2.24) is 13.7 Å². The van der Waals surface area contributed by atoms with Crippen LogP contribution in [0.25, 0.3) is 129 Å². The number of unbranched alkanes of at least 4 members (excludes halogenated alkanes) is 36. The van der Waals surface area contributed by atoms with Crippen LogP contribution in [-0.4, -0.2) is 13.7 Å². The normalized spacial score (nSPS) is 13.1. The molecular weight excluding hydrogens is 1530 g/mol. The molecule has 3 aromatic heterocycles.